The van der Waals surface area contributed by atoms with E-state index in [4.69, 9.17) is 4.74 Å². The molecule has 1 fully saturated rings. The van der Waals surface area contributed by atoms with Gasteiger partial charge in [0, 0.05) is 12.1 Å². The molecule has 2 atom stereocenters. The maximum Gasteiger partial charge on any atom is 0.338 e. The Morgan fingerprint density at radius 1 is 1.00 bits per heavy atom. The molecule has 1 saturated heterocycles. The van der Waals surface area contributed by atoms with Gasteiger partial charge in [0.1, 0.15) is 6.61 Å². The molecule has 0 unspecified atom stereocenters. The second-order valence-electron chi connectivity index (χ2n) is 6.11. The zero-order valence-corrected chi connectivity index (χ0v) is 13.9. The molecule has 2 aromatic carbocycles. The average molecular weight is 339 g/mol. The summed E-state index contributed by atoms with van der Waals surface area (Å²) in [5, 5.41) is 10.3. The fraction of sp³-hybridized carbons (Fsp3) is 0.300. The van der Waals surface area contributed by atoms with E-state index in [-0.39, 0.29) is 12.5 Å². The summed E-state index contributed by atoms with van der Waals surface area (Å²) < 4.78 is 5.36. The molecule has 130 valence electrons. The van der Waals surface area contributed by atoms with E-state index in [0.29, 0.717) is 24.1 Å². The Bertz CT molecular complexity index is 717. The molecule has 1 aliphatic rings. The van der Waals surface area contributed by atoms with E-state index in [9.17, 15) is 14.7 Å². The van der Waals surface area contributed by atoms with Crippen LogP contribution in [0.3, 0.4) is 0 Å². The maximum absolute atomic E-state index is 12.7. The summed E-state index contributed by atoms with van der Waals surface area (Å²) >= 11 is 0. The van der Waals surface area contributed by atoms with E-state index >= 15 is 0 Å². The molecule has 0 radical (unpaired) electrons. The van der Waals surface area contributed by atoms with Gasteiger partial charge in [-0.15, -0.1) is 0 Å². The van der Waals surface area contributed by atoms with Gasteiger partial charge in [0.25, 0.3) is 5.91 Å². The van der Waals surface area contributed by atoms with Crippen LogP contribution in [0.5, 0.6) is 0 Å². The van der Waals surface area contributed by atoms with E-state index < -0.39 is 18.1 Å². The third-order valence-electron chi connectivity index (χ3n) is 4.42. The second-order valence-corrected chi connectivity index (χ2v) is 6.11. The molecular weight excluding hydrogens is 318 g/mol. The van der Waals surface area contributed by atoms with Crippen LogP contribution in [-0.2, 0) is 4.74 Å². The summed E-state index contributed by atoms with van der Waals surface area (Å²) in [6.07, 6.45) is 0.611. The Morgan fingerprint density at radius 2 is 1.60 bits per heavy atom. The fourth-order valence-electron chi connectivity index (χ4n) is 3.06. The number of hydrogen-bond acceptors (Lipinski definition) is 4. The van der Waals surface area contributed by atoms with E-state index in [0.717, 1.165) is 6.42 Å². The maximum atomic E-state index is 12.7. The van der Waals surface area contributed by atoms with Crippen LogP contribution >= 0.6 is 0 Å². The summed E-state index contributed by atoms with van der Waals surface area (Å²) in [7, 11) is 0. The van der Waals surface area contributed by atoms with Gasteiger partial charge in [0.05, 0.1) is 17.7 Å². The van der Waals surface area contributed by atoms with Crippen molar-refractivity contribution in [1.82, 2.24) is 4.90 Å². The van der Waals surface area contributed by atoms with Crippen molar-refractivity contribution < 1.29 is 19.4 Å². The molecule has 5 heteroatoms. The van der Waals surface area contributed by atoms with E-state index in [1.807, 2.05) is 12.1 Å². The summed E-state index contributed by atoms with van der Waals surface area (Å²) in [6, 6.07) is 17.1. The number of ether oxygens (including phenoxy) is 1. The molecule has 0 aromatic heterocycles. The van der Waals surface area contributed by atoms with Gasteiger partial charge in [-0.25, -0.2) is 4.79 Å². The number of esters is 1. The van der Waals surface area contributed by atoms with Crippen LogP contribution in [0.2, 0.25) is 0 Å². The predicted molar refractivity (Wildman–Crippen MR) is 93.2 cm³/mol. The SMILES string of the molecule is O=C(OC[C@@H]1[C@H](O)CCCN1C(=O)c1ccccc1)c1ccccc1. The first kappa shape index (κ1) is 17.2. The first-order valence-electron chi connectivity index (χ1n) is 8.43. The Balaban J connectivity index is 1.70. The Labute approximate surface area is 146 Å². The van der Waals surface area contributed by atoms with Crippen molar-refractivity contribution in [3.05, 3.63) is 71.8 Å². The van der Waals surface area contributed by atoms with Crippen molar-refractivity contribution in [1.29, 1.82) is 0 Å². The van der Waals surface area contributed by atoms with Gasteiger partial charge in [0.15, 0.2) is 0 Å². The zero-order valence-electron chi connectivity index (χ0n) is 13.9. The van der Waals surface area contributed by atoms with Crippen LogP contribution in [0.4, 0.5) is 0 Å². The Kier molecular flexibility index (Phi) is 5.46. The van der Waals surface area contributed by atoms with Gasteiger partial charge in [0.2, 0.25) is 0 Å². The van der Waals surface area contributed by atoms with Crippen molar-refractivity contribution in [3.63, 3.8) is 0 Å². The lowest BCUT2D eigenvalue weighted by Gasteiger charge is -2.38. The number of amides is 1. The zero-order chi connectivity index (χ0) is 17.6. The minimum Gasteiger partial charge on any atom is -0.460 e. The number of rotatable bonds is 4. The minimum absolute atomic E-state index is 0.0204. The third kappa shape index (κ3) is 4.06. The van der Waals surface area contributed by atoms with Crippen LogP contribution < -0.4 is 0 Å². The number of aliphatic hydroxyl groups is 1. The lowest BCUT2D eigenvalue weighted by Crippen LogP contribution is -2.53. The third-order valence-corrected chi connectivity index (χ3v) is 4.42. The summed E-state index contributed by atoms with van der Waals surface area (Å²) in [4.78, 5) is 26.5. The molecule has 3 rings (SSSR count). The minimum atomic E-state index is -0.704. The first-order valence-corrected chi connectivity index (χ1v) is 8.43. The average Bonchev–Trinajstić information content (AvgIpc) is 2.67. The predicted octanol–water partition coefficient (Wildman–Crippen LogP) is 2.51. The number of likely N-dealkylation sites (tertiary alicyclic amines) is 1. The molecule has 0 aliphatic carbocycles. The largest absolute Gasteiger partial charge is 0.460 e. The Hall–Kier alpha value is -2.66. The van der Waals surface area contributed by atoms with Crippen molar-refractivity contribution in [3.8, 4) is 0 Å². The summed E-state index contributed by atoms with van der Waals surface area (Å²) in [5.41, 5.74) is 1.02. The highest BCUT2D eigenvalue weighted by molar-refractivity contribution is 5.94. The van der Waals surface area contributed by atoms with Gasteiger partial charge in [-0.05, 0) is 37.1 Å². The van der Waals surface area contributed by atoms with Gasteiger partial charge in [-0.3, -0.25) is 4.79 Å². The van der Waals surface area contributed by atoms with Gasteiger partial charge < -0.3 is 14.7 Å². The molecule has 0 spiro atoms. The monoisotopic (exact) mass is 339 g/mol. The molecule has 1 heterocycles. The topological polar surface area (TPSA) is 66.8 Å². The molecule has 0 bridgehead atoms. The number of aliphatic hydroxyl groups excluding tert-OH is 1. The highest BCUT2D eigenvalue weighted by Gasteiger charge is 2.34. The van der Waals surface area contributed by atoms with Crippen LogP contribution in [0.1, 0.15) is 33.6 Å². The molecule has 2 aromatic rings. The molecule has 1 aliphatic heterocycles. The summed E-state index contributed by atoms with van der Waals surface area (Å²) in [5.74, 6) is -0.606. The lowest BCUT2D eigenvalue weighted by atomic mass is 9.98. The number of carbonyl (C=O) groups excluding carboxylic acids is 2. The quantitative estimate of drug-likeness (QED) is 0.869. The van der Waals surface area contributed by atoms with Crippen LogP contribution in [0.15, 0.2) is 60.7 Å². The number of benzene rings is 2. The van der Waals surface area contributed by atoms with Crippen molar-refractivity contribution in [2.24, 2.45) is 0 Å². The highest BCUT2D eigenvalue weighted by atomic mass is 16.5. The fourth-order valence-corrected chi connectivity index (χ4v) is 3.06. The van der Waals surface area contributed by atoms with E-state index in [1.165, 1.54) is 0 Å². The molecule has 0 saturated carbocycles. The van der Waals surface area contributed by atoms with E-state index in [2.05, 4.69) is 0 Å². The smallest absolute Gasteiger partial charge is 0.338 e. The van der Waals surface area contributed by atoms with Gasteiger partial charge >= 0.3 is 5.97 Å². The summed E-state index contributed by atoms with van der Waals surface area (Å²) in [6.45, 7) is 0.520. The highest BCUT2D eigenvalue weighted by Crippen LogP contribution is 2.21. The van der Waals surface area contributed by atoms with Crippen molar-refractivity contribution in [2.45, 2.75) is 25.0 Å². The van der Waals surface area contributed by atoms with Crippen molar-refractivity contribution in [2.75, 3.05) is 13.2 Å². The standard InChI is InChI=1S/C20H21NO4/c22-18-12-7-13-21(19(23)15-8-3-1-4-9-15)17(18)14-25-20(24)16-10-5-2-6-11-16/h1-6,8-11,17-18,22H,7,12-14H2/t17-,18-/m1/s1. The van der Waals surface area contributed by atoms with Crippen molar-refractivity contribution >= 4 is 11.9 Å². The molecule has 1 N–H and O–H groups in total. The van der Waals surface area contributed by atoms with Crippen LogP contribution in [-0.4, -0.2) is 47.2 Å². The lowest BCUT2D eigenvalue weighted by molar-refractivity contribution is -0.0196. The molecular formula is C20H21NO4. The molecule has 1 amide bonds. The van der Waals surface area contributed by atoms with Gasteiger partial charge in [-0.1, -0.05) is 36.4 Å². The number of nitrogens with zero attached hydrogens (tertiary/aromatic N) is 1. The normalized spacial score (nSPS) is 20.1. The number of hydrogen-bond donors (Lipinski definition) is 1. The van der Waals surface area contributed by atoms with Crippen LogP contribution in [0.25, 0.3) is 0 Å². The number of carbonyl (C=O) groups is 2. The first-order chi connectivity index (χ1) is 12.2. The van der Waals surface area contributed by atoms with Crippen LogP contribution in [0, 0.1) is 0 Å². The second kappa shape index (κ2) is 7.94. The molecule has 25 heavy (non-hydrogen) atoms. The number of piperidine rings is 1. The van der Waals surface area contributed by atoms with Gasteiger partial charge in [-0.2, -0.15) is 0 Å². The van der Waals surface area contributed by atoms with E-state index in [1.54, 1.807) is 53.4 Å². The Morgan fingerprint density at radius 3 is 2.24 bits per heavy atom. The molecule has 5 nitrogen and oxygen atoms in total.